The molecule has 0 bridgehead atoms. The first kappa shape index (κ1) is 17.8. The van der Waals surface area contributed by atoms with Crippen molar-refractivity contribution in [2.45, 2.75) is 18.5 Å². The van der Waals surface area contributed by atoms with Crippen LogP contribution in [0.4, 0.5) is 5.69 Å². The highest BCUT2D eigenvalue weighted by Crippen LogP contribution is 2.34. The minimum absolute atomic E-state index is 0. The van der Waals surface area contributed by atoms with Crippen molar-refractivity contribution in [2.75, 3.05) is 18.4 Å². The van der Waals surface area contributed by atoms with Crippen molar-refractivity contribution >= 4 is 45.8 Å². The van der Waals surface area contributed by atoms with Gasteiger partial charge in [-0.1, -0.05) is 12.1 Å². The molecule has 1 amide bonds. The van der Waals surface area contributed by atoms with E-state index in [2.05, 4.69) is 21.2 Å². The first-order chi connectivity index (χ1) is 11.6. The molecule has 1 spiro atoms. The van der Waals surface area contributed by atoms with Crippen molar-refractivity contribution in [2.24, 2.45) is 10.7 Å². The lowest BCUT2D eigenvalue weighted by molar-refractivity contribution is 0.0652. The molecule has 8 heteroatoms. The average Bonchev–Trinajstić information content (AvgIpc) is 3.01. The van der Waals surface area contributed by atoms with Gasteiger partial charge in [-0.25, -0.2) is 4.99 Å². The van der Waals surface area contributed by atoms with Gasteiger partial charge in [-0.15, -0.1) is 12.4 Å². The smallest absolute Gasteiger partial charge is 0.289 e. The molecule has 1 aromatic carbocycles. The molecule has 0 unspecified atom stereocenters. The number of carbonyl (C=O) groups is 1. The fraction of sp³-hybridized carbons (Fsp3) is 0.294. The molecule has 1 saturated heterocycles. The largest absolute Gasteiger partial charge is 0.444 e. The molecule has 0 saturated carbocycles. The number of carbonyl (C=O) groups excluding carboxylic acids is 1. The van der Waals surface area contributed by atoms with Gasteiger partial charge in [0.2, 0.25) is 0 Å². The first-order valence-corrected chi connectivity index (χ1v) is 8.63. The van der Waals surface area contributed by atoms with Crippen LogP contribution in [0.15, 0.2) is 50.5 Å². The van der Waals surface area contributed by atoms with Crippen LogP contribution in [-0.2, 0) is 0 Å². The van der Waals surface area contributed by atoms with Crippen LogP contribution in [0.25, 0.3) is 0 Å². The molecule has 0 radical (unpaired) electrons. The highest BCUT2D eigenvalue weighted by atomic mass is 79.9. The SMILES string of the molecule is Cl.NC1=NC2(CCN(C(=O)c3ccc(Br)o3)CC2)Nc2ccccc21. The van der Waals surface area contributed by atoms with Gasteiger partial charge < -0.3 is 20.4 Å². The quantitative estimate of drug-likeness (QED) is 0.735. The first-order valence-electron chi connectivity index (χ1n) is 7.84. The number of para-hydroxylation sites is 1. The number of nitrogens with two attached hydrogens (primary N) is 1. The van der Waals surface area contributed by atoms with Gasteiger partial charge >= 0.3 is 0 Å². The van der Waals surface area contributed by atoms with Gasteiger partial charge in [0.1, 0.15) is 11.5 Å². The highest BCUT2D eigenvalue weighted by molar-refractivity contribution is 9.10. The Kier molecular flexibility index (Phi) is 4.79. The summed E-state index contributed by atoms with van der Waals surface area (Å²) in [6, 6.07) is 11.3. The fourth-order valence-electron chi connectivity index (χ4n) is 3.29. The molecule has 0 aliphatic carbocycles. The van der Waals surface area contributed by atoms with Crippen LogP contribution in [0.3, 0.4) is 0 Å². The number of anilines is 1. The molecule has 0 atom stereocenters. The van der Waals surface area contributed by atoms with Crippen LogP contribution in [-0.4, -0.2) is 35.4 Å². The summed E-state index contributed by atoms with van der Waals surface area (Å²) in [5, 5.41) is 3.51. The van der Waals surface area contributed by atoms with E-state index >= 15 is 0 Å². The molecule has 132 valence electrons. The van der Waals surface area contributed by atoms with Gasteiger partial charge in [0.25, 0.3) is 5.91 Å². The van der Waals surface area contributed by atoms with E-state index in [9.17, 15) is 4.79 Å². The number of hydrogen-bond acceptors (Lipinski definition) is 5. The monoisotopic (exact) mass is 424 g/mol. The normalized spacial score (nSPS) is 18.0. The standard InChI is InChI=1S/C17H17BrN4O2.ClH/c18-14-6-5-13(24-14)16(23)22-9-7-17(8-10-22)20-12-4-2-1-3-11(12)15(19)21-17;/h1-6,20H,7-10H2,(H2,19,21);1H. The lowest BCUT2D eigenvalue weighted by Gasteiger charge is -2.42. The molecule has 3 N–H and O–H groups in total. The number of aliphatic imine (C=N–C) groups is 1. The Morgan fingerprint density at radius 3 is 2.64 bits per heavy atom. The Balaban J connectivity index is 0.00000182. The minimum Gasteiger partial charge on any atom is -0.444 e. The molecule has 1 aromatic heterocycles. The molecule has 3 heterocycles. The van der Waals surface area contributed by atoms with Gasteiger partial charge in [-0.05, 0) is 40.2 Å². The van der Waals surface area contributed by atoms with Crippen molar-refractivity contribution in [1.82, 2.24) is 4.90 Å². The van der Waals surface area contributed by atoms with E-state index in [4.69, 9.17) is 15.1 Å². The molecule has 1 fully saturated rings. The number of nitrogens with zero attached hydrogens (tertiary/aromatic N) is 2. The predicted molar refractivity (Wildman–Crippen MR) is 102 cm³/mol. The van der Waals surface area contributed by atoms with E-state index in [0.29, 0.717) is 42.2 Å². The lowest BCUT2D eigenvalue weighted by Crippen LogP contribution is -2.52. The van der Waals surface area contributed by atoms with Gasteiger partial charge in [-0.3, -0.25) is 4.79 Å². The molecule has 2 aromatic rings. The maximum absolute atomic E-state index is 12.5. The Hall–Kier alpha value is -1.99. The van der Waals surface area contributed by atoms with E-state index in [-0.39, 0.29) is 18.3 Å². The third-order valence-electron chi connectivity index (χ3n) is 4.57. The van der Waals surface area contributed by atoms with Crippen molar-refractivity contribution in [3.63, 3.8) is 0 Å². The van der Waals surface area contributed by atoms with Crippen molar-refractivity contribution < 1.29 is 9.21 Å². The number of piperidine rings is 1. The maximum Gasteiger partial charge on any atom is 0.289 e. The minimum atomic E-state index is -0.432. The van der Waals surface area contributed by atoms with E-state index in [0.717, 1.165) is 11.3 Å². The predicted octanol–water partition coefficient (Wildman–Crippen LogP) is 3.23. The van der Waals surface area contributed by atoms with E-state index in [1.165, 1.54) is 0 Å². The summed E-state index contributed by atoms with van der Waals surface area (Å²) in [6.07, 6.45) is 1.41. The number of nitrogens with one attached hydrogen (secondary N) is 1. The number of likely N-dealkylation sites (tertiary alicyclic amines) is 1. The van der Waals surface area contributed by atoms with Crippen LogP contribution in [0.2, 0.25) is 0 Å². The number of furan rings is 1. The van der Waals surface area contributed by atoms with Gasteiger partial charge in [0.15, 0.2) is 10.4 Å². The molecule has 2 aliphatic heterocycles. The van der Waals surface area contributed by atoms with Crippen LogP contribution in [0.5, 0.6) is 0 Å². The topological polar surface area (TPSA) is 83.9 Å². The number of fused-ring (bicyclic) bond motifs is 1. The summed E-state index contributed by atoms with van der Waals surface area (Å²) in [5.41, 5.74) is 7.65. The summed E-state index contributed by atoms with van der Waals surface area (Å²) < 4.78 is 5.92. The van der Waals surface area contributed by atoms with Gasteiger partial charge in [0.05, 0.1) is 0 Å². The molecule has 25 heavy (non-hydrogen) atoms. The van der Waals surface area contributed by atoms with Gasteiger partial charge in [0, 0.05) is 37.2 Å². The maximum atomic E-state index is 12.5. The number of amidine groups is 1. The van der Waals surface area contributed by atoms with E-state index in [1.54, 1.807) is 17.0 Å². The number of amides is 1. The molecule has 4 rings (SSSR count). The van der Waals surface area contributed by atoms with Crippen molar-refractivity contribution in [3.05, 3.63) is 52.4 Å². The Bertz CT molecular complexity index is 828. The summed E-state index contributed by atoms with van der Waals surface area (Å²) >= 11 is 3.22. The summed E-state index contributed by atoms with van der Waals surface area (Å²) in [5.74, 6) is 0.811. The highest BCUT2D eigenvalue weighted by Gasteiger charge is 2.39. The van der Waals surface area contributed by atoms with E-state index < -0.39 is 5.66 Å². The Labute approximate surface area is 160 Å². The molecular formula is C17H18BrClN4O2. The van der Waals surface area contributed by atoms with E-state index in [1.807, 2.05) is 24.3 Å². The third kappa shape index (κ3) is 3.26. The summed E-state index contributed by atoms with van der Waals surface area (Å²) in [6.45, 7) is 1.20. The number of halogens is 2. The molecule has 6 nitrogen and oxygen atoms in total. The Morgan fingerprint density at radius 2 is 1.96 bits per heavy atom. The molecule has 2 aliphatic rings. The van der Waals surface area contributed by atoms with Crippen molar-refractivity contribution in [3.8, 4) is 0 Å². The molecular weight excluding hydrogens is 408 g/mol. The van der Waals surface area contributed by atoms with Crippen LogP contribution >= 0.6 is 28.3 Å². The number of benzene rings is 1. The summed E-state index contributed by atoms with van der Waals surface area (Å²) in [4.78, 5) is 19.0. The zero-order valence-corrected chi connectivity index (χ0v) is 15.8. The second kappa shape index (κ2) is 6.72. The van der Waals surface area contributed by atoms with Crippen molar-refractivity contribution in [1.29, 1.82) is 0 Å². The number of rotatable bonds is 1. The second-order valence-electron chi connectivity index (χ2n) is 6.10. The zero-order chi connectivity index (χ0) is 16.7. The average molecular weight is 426 g/mol. The second-order valence-corrected chi connectivity index (χ2v) is 6.88. The zero-order valence-electron chi connectivity index (χ0n) is 13.4. The third-order valence-corrected chi connectivity index (χ3v) is 4.99. The fourth-order valence-corrected chi connectivity index (χ4v) is 3.59. The summed E-state index contributed by atoms with van der Waals surface area (Å²) in [7, 11) is 0. The van der Waals surface area contributed by atoms with Gasteiger partial charge in [-0.2, -0.15) is 0 Å². The van der Waals surface area contributed by atoms with Crippen LogP contribution in [0.1, 0.15) is 29.0 Å². The Morgan fingerprint density at radius 1 is 1.24 bits per heavy atom. The van der Waals surface area contributed by atoms with Crippen LogP contribution < -0.4 is 11.1 Å². The lowest BCUT2D eigenvalue weighted by atomic mass is 9.93. The van der Waals surface area contributed by atoms with Crippen LogP contribution in [0, 0.1) is 0 Å². The number of hydrogen-bond donors (Lipinski definition) is 2.